The van der Waals surface area contributed by atoms with Crippen LogP contribution in [0.1, 0.15) is 30.1 Å². The fourth-order valence-corrected chi connectivity index (χ4v) is 2.72. The molecule has 0 saturated carbocycles. The third-order valence-electron chi connectivity index (χ3n) is 4.22. The quantitative estimate of drug-likeness (QED) is 0.544. The molecule has 6 heteroatoms. The van der Waals surface area contributed by atoms with E-state index < -0.39 is 17.2 Å². The molecule has 0 radical (unpaired) electrons. The summed E-state index contributed by atoms with van der Waals surface area (Å²) in [6, 6.07) is 2.55. The predicted octanol–water partition coefficient (Wildman–Crippen LogP) is 1.40. The van der Waals surface area contributed by atoms with Crippen molar-refractivity contribution in [1.29, 1.82) is 0 Å². The van der Waals surface area contributed by atoms with E-state index in [-0.39, 0.29) is 11.3 Å². The number of benzene rings is 1. The van der Waals surface area contributed by atoms with Gasteiger partial charge in [0, 0.05) is 32.6 Å². The number of piperazine rings is 1. The van der Waals surface area contributed by atoms with Crippen molar-refractivity contribution in [3.05, 3.63) is 17.7 Å². The second-order valence-corrected chi connectivity index (χ2v) is 5.63. The Bertz CT molecular complexity index is 525. The van der Waals surface area contributed by atoms with Gasteiger partial charge in [-0.05, 0) is 31.6 Å². The number of phenols is 3. The van der Waals surface area contributed by atoms with E-state index >= 15 is 0 Å². The van der Waals surface area contributed by atoms with Crippen LogP contribution in [0.2, 0.25) is 0 Å². The first-order chi connectivity index (χ1) is 10.5. The van der Waals surface area contributed by atoms with Crippen LogP contribution in [0.5, 0.6) is 17.2 Å². The van der Waals surface area contributed by atoms with Gasteiger partial charge in [0.2, 0.25) is 5.75 Å². The second-order valence-electron chi connectivity index (χ2n) is 5.63. The lowest BCUT2D eigenvalue weighted by molar-refractivity contribution is 0.0960. The van der Waals surface area contributed by atoms with Gasteiger partial charge in [0.15, 0.2) is 17.3 Å². The smallest absolute Gasteiger partial charge is 0.201 e. The van der Waals surface area contributed by atoms with Gasteiger partial charge in [0.25, 0.3) is 0 Å². The number of carbonyl (C=O) groups is 1. The molecule has 1 saturated heterocycles. The molecule has 0 aromatic heterocycles. The molecule has 1 fully saturated rings. The summed E-state index contributed by atoms with van der Waals surface area (Å²) in [5.74, 6) is -1.83. The Morgan fingerprint density at radius 3 is 2.32 bits per heavy atom. The number of likely N-dealkylation sites (N-methyl/N-ethyl adjacent to an activating group) is 1. The number of hydrogen-bond acceptors (Lipinski definition) is 6. The minimum Gasteiger partial charge on any atom is -0.504 e. The lowest BCUT2D eigenvalue weighted by atomic mass is 10.0. The van der Waals surface area contributed by atoms with Crippen LogP contribution < -0.4 is 0 Å². The van der Waals surface area contributed by atoms with Gasteiger partial charge < -0.3 is 25.1 Å². The minimum absolute atomic E-state index is 0.0612. The molecule has 0 spiro atoms. The fraction of sp³-hybridized carbons (Fsp3) is 0.562. The predicted molar refractivity (Wildman–Crippen MR) is 83.6 cm³/mol. The molecule has 1 aliphatic heterocycles. The number of hydrogen-bond donors (Lipinski definition) is 3. The molecule has 0 unspecified atom stereocenters. The molecule has 22 heavy (non-hydrogen) atoms. The number of nitrogens with zero attached hydrogens (tertiary/aromatic N) is 2. The van der Waals surface area contributed by atoms with Gasteiger partial charge in [0.1, 0.15) is 0 Å². The highest BCUT2D eigenvalue weighted by Gasteiger charge is 2.18. The van der Waals surface area contributed by atoms with Crippen molar-refractivity contribution >= 4 is 5.78 Å². The molecule has 0 atom stereocenters. The number of carbonyl (C=O) groups excluding carboxylic acids is 1. The van der Waals surface area contributed by atoms with Crippen LogP contribution in [-0.2, 0) is 0 Å². The molecule has 1 aliphatic rings. The first kappa shape index (κ1) is 16.6. The summed E-state index contributed by atoms with van der Waals surface area (Å²) < 4.78 is 0. The first-order valence-electron chi connectivity index (χ1n) is 7.74. The van der Waals surface area contributed by atoms with Crippen LogP contribution in [0.25, 0.3) is 0 Å². The van der Waals surface area contributed by atoms with E-state index in [1.807, 2.05) is 0 Å². The van der Waals surface area contributed by atoms with Gasteiger partial charge >= 0.3 is 0 Å². The van der Waals surface area contributed by atoms with Crippen LogP contribution in [0.3, 0.4) is 0 Å². The zero-order valence-electron chi connectivity index (χ0n) is 13.0. The van der Waals surface area contributed by atoms with E-state index in [4.69, 9.17) is 0 Å². The van der Waals surface area contributed by atoms with Gasteiger partial charge in [0.05, 0.1) is 5.56 Å². The summed E-state index contributed by atoms with van der Waals surface area (Å²) in [6.07, 6.45) is 1.03. The van der Waals surface area contributed by atoms with E-state index in [1.54, 1.807) is 0 Å². The molecule has 0 amide bonds. The highest BCUT2D eigenvalue weighted by molar-refractivity contribution is 5.99. The SMILES string of the molecule is CCN1CCN(CCCC(=O)c2ccc(O)c(O)c2O)CC1. The summed E-state index contributed by atoms with van der Waals surface area (Å²) in [5.41, 5.74) is 0.0612. The Morgan fingerprint density at radius 1 is 1.05 bits per heavy atom. The average molecular weight is 308 g/mol. The second kappa shape index (κ2) is 7.47. The van der Waals surface area contributed by atoms with Gasteiger partial charge in [-0.25, -0.2) is 0 Å². The van der Waals surface area contributed by atoms with Gasteiger partial charge in [-0.15, -0.1) is 0 Å². The van der Waals surface area contributed by atoms with Crippen LogP contribution in [0.15, 0.2) is 12.1 Å². The molecule has 3 N–H and O–H groups in total. The highest BCUT2D eigenvalue weighted by Crippen LogP contribution is 2.37. The van der Waals surface area contributed by atoms with Crippen LogP contribution in [0.4, 0.5) is 0 Å². The van der Waals surface area contributed by atoms with Crippen molar-refractivity contribution in [3.8, 4) is 17.2 Å². The largest absolute Gasteiger partial charge is 0.504 e. The molecule has 1 aromatic rings. The zero-order valence-corrected chi connectivity index (χ0v) is 13.0. The zero-order chi connectivity index (χ0) is 16.1. The summed E-state index contributed by atoms with van der Waals surface area (Å²) >= 11 is 0. The Kier molecular flexibility index (Phi) is 5.63. The lowest BCUT2D eigenvalue weighted by Gasteiger charge is -2.33. The topological polar surface area (TPSA) is 84.2 Å². The Labute approximate surface area is 130 Å². The molecular weight excluding hydrogens is 284 g/mol. The van der Waals surface area contributed by atoms with Gasteiger partial charge in [-0.2, -0.15) is 0 Å². The third-order valence-corrected chi connectivity index (χ3v) is 4.22. The maximum absolute atomic E-state index is 12.1. The van der Waals surface area contributed by atoms with Crippen molar-refractivity contribution in [3.63, 3.8) is 0 Å². The standard InChI is InChI=1S/C16H24N2O4/c1-2-17-8-10-18(11-9-17)7-3-4-13(19)12-5-6-14(20)16(22)15(12)21/h5-6,20-22H,2-4,7-11H2,1H3. The molecule has 1 aromatic carbocycles. The number of Topliss-reactive ketones (excluding diaryl/α,β-unsaturated/α-hetero) is 1. The lowest BCUT2D eigenvalue weighted by Crippen LogP contribution is -2.46. The van der Waals surface area contributed by atoms with E-state index in [0.717, 1.165) is 39.3 Å². The molecular formula is C16H24N2O4. The summed E-state index contributed by atoms with van der Waals surface area (Å²) in [7, 11) is 0. The van der Waals surface area contributed by atoms with Crippen molar-refractivity contribution in [2.45, 2.75) is 19.8 Å². The molecule has 0 aliphatic carbocycles. The normalized spacial score (nSPS) is 16.8. The number of phenolic OH excluding ortho intramolecular Hbond substituents is 3. The van der Waals surface area contributed by atoms with Crippen molar-refractivity contribution in [2.24, 2.45) is 0 Å². The Balaban J connectivity index is 1.80. The highest BCUT2D eigenvalue weighted by atomic mass is 16.3. The van der Waals surface area contributed by atoms with Crippen LogP contribution in [-0.4, -0.2) is 70.2 Å². The van der Waals surface area contributed by atoms with E-state index in [1.165, 1.54) is 12.1 Å². The summed E-state index contributed by atoms with van der Waals surface area (Å²) in [4.78, 5) is 16.8. The van der Waals surface area contributed by atoms with Crippen molar-refractivity contribution < 1.29 is 20.1 Å². The van der Waals surface area contributed by atoms with Crippen molar-refractivity contribution in [2.75, 3.05) is 39.3 Å². The first-order valence-corrected chi connectivity index (χ1v) is 7.74. The van der Waals surface area contributed by atoms with Crippen molar-refractivity contribution in [1.82, 2.24) is 9.80 Å². The van der Waals surface area contributed by atoms with Crippen LogP contribution >= 0.6 is 0 Å². The molecule has 2 rings (SSSR count). The summed E-state index contributed by atoms with van der Waals surface area (Å²) in [6.45, 7) is 8.27. The average Bonchev–Trinajstić information content (AvgIpc) is 2.53. The maximum Gasteiger partial charge on any atom is 0.201 e. The van der Waals surface area contributed by atoms with E-state index in [2.05, 4.69) is 16.7 Å². The minimum atomic E-state index is -0.637. The number of ketones is 1. The van der Waals surface area contributed by atoms with Crippen LogP contribution in [0, 0.1) is 0 Å². The number of rotatable bonds is 6. The van der Waals surface area contributed by atoms with E-state index in [9.17, 15) is 20.1 Å². The monoisotopic (exact) mass is 308 g/mol. The Morgan fingerprint density at radius 2 is 1.68 bits per heavy atom. The van der Waals surface area contributed by atoms with Gasteiger partial charge in [-0.1, -0.05) is 6.92 Å². The molecule has 122 valence electrons. The molecule has 6 nitrogen and oxygen atoms in total. The fourth-order valence-electron chi connectivity index (χ4n) is 2.72. The van der Waals surface area contributed by atoms with Gasteiger partial charge in [-0.3, -0.25) is 4.79 Å². The van der Waals surface area contributed by atoms with E-state index in [0.29, 0.717) is 12.8 Å². The summed E-state index contributed by atoms with van der Waals surface area (Å²) in [5, 5.41) is 28.4. The third kappa shape index (κ3) is 3.90. The molecule has 1 heterocycles. The Hall–Kier alpha value is -1.79. The number of aromatic hydroxyl groups is 3. The maximum atomic E-state index is 12.1. The molecule has 0 bridgehead atoms.